The standard InChI is InChI=1S/C19H29N3O/c1-5-21(4)14-20-18-12-15(2)17(11-16(18)3)19(23)13-22-9-7-6-8-10-22/h11-12,14H,5-10,13H2,1-4H3/b20-14-. The van der Waals surface area contributed by atoms with Crippen molar-refractivity contribution in [1.82, 2.24) is 9.80 Å². The second-order valence-electron chi connectivity index (χ2n) is 6.53. The molecule has 1 heterocycles. The first-order chi connectivity index (χ1) is 11.0. The summed E-state index contributed by atoms with van der Waals surface area (Å²) in [6.45, 7) is 9.69. The Morgan fingerprint density at radius 2 is 1.91 bits per heavy atom. The van der Waals surface area contributed by atoms with Gasteiger partial charge in [-0.2, -0.15) is 0 Å². The van der Waals surface area contributed by atoms with Crippen LogP contribution in [-0.2, 0) is 0 Å². The lowest BCUT2D eigenvalue weighted by Gasteiger charge is -2.25. The topological polar surface area (TPSA) is 35.9 Å². The first-order valence-corrected chi connectivity index (χ1v) is 8.62. The third kappa shape index (κ3) is 4.90. The maximum atomic E-state index is 12.6. The van der Waals surface area contributed by atoms with Gasteiger partial charge < -0.3 is 4.90 Å². The Kier molecular flexibility index (Phi) is 6.34. The van der Waals surface area contributed by atoms with E-state index in [0.29, 0.717) is 6.54 Å². The molecule has 0 amide bonds. The minimum atomic E-state index is 0.230. The summed E-state index contributed by atoms with van der Waals surface area (Å²) in [5.41, 5.74) is 3.86. The van der Waals surface area contributed by atoms with Crippen molar-refractivity contribution in [3.63, 3.8) is 0 Å². The number of Topliss-reactive ketones (excluding diaryl/α,β-unsaturated/α-hetero) is 1. The van der Waals surface area contributed by atoms with Crippen LogP contribution in [0.25, 0.3) is 0 Å². The number of aliphatic imine (C=N–C) groups is 1. The van der Waals surface area contributed by atoms with Gasteiger partial charge in [-0.05, 0) is 70.0 Å². The monoisotopic (exact) mass is 315 g/mol. The molecule has 0 N–H and O–H groups in total. The lowest BCUT2D eigenvalue weighted by molar-refractivity contribution is 0.0915. The van der Waals surface area contributed by atoms with Crippen molar-refractivity contribution in [2.75, 3.05) is 33.2 Å². The largest absolute Gasteiger partial charge is 0.366 e. The third-order valence-electron chi connectivity index (χ3n) is 4.55. The van der Waals surface area contributed by atoms with E-state index in [4.69, 9.17) is 0 Å². The summed E-state index contributed by atoms with van der Waals surface area (Å²) >= 11 is 0. The molecule has 126 valence electrons. The number of carbonyl (C=O) groups excluding carboxylic acids is 1. The van der Waals surface area contributed by atoms with Crippen molar-refractivity contribution in [1.29, 1.82) is 0 Å². The van der Waals surface area contributed by atoms with E-state index in [0.717, 1.165) is 42.0 Å². The summed E-state index contributed by atoms with van der Waals surface area (Å²) in [6.07, 6.45) is 5.56. The smallest absolute Gasteiger partial charge is 0.177 e. The van der Waals surface area contributed by atoms with E-state index in [2.05, 4.69) is 16.8 Å². The van der Waals surface area contributed by atoms with Crippen LogP contribution in [0.4, 0.5) is 5.69 Å². The highest BCUT2D eigenvalue weighted by Crippen LogP contribution is 2.24. The molecule has 4 nitrogen and oxygen atoms in total. The summed E-state index contributed by atoms with van der Waals surface area (Å²) in [5.74, 6) is 0.230. The molecule has 0 saturated carbocycles. The average Bonchev–Trinajstić information content (AvgIpc) is 2.55. The number of piperidine rings is 1. The summed E-state index contributed by atoms with van der Waals surface area (Å²) in [5, 5.41) is 0. The van der Waals surface area contributed by atoms with Gasteiger partial charge >= 0.3 is 0 Å². The zero-order valence-corrected chi connectivity index (χ0v) is 14.9. The van der Waals surface area contributed by atoms with Gasteiger partial charge in [0.25, 0.3) is 0 Å². The van der Waals surface area contributed by atoms with Gasteiger partial charge in [-0.25, -0.2) is 4.99 Å². The molecule has 0 radical (unpaired) electrons. The molecule has 23 heavy (non-hydrogen) atoms. The first-order valence-electron chi connectivity index (χ1n) is 8.62. The molecule has 1 saturated heterocycles. The second kappa shape index (κ2) is 8.25. The quantitative estimate of drug-likeness (QED) is 0.457. The average molecular weight is 315 g/mol. The Bertz CT molecular complexity index is 574. The fraction of sp³-hybridized carbons (Fsp3) is 0.579. The van der Waals surface area contributed by atoms with Crippen LogP contribution in [-0.4, -0.2) is 55.1 Å². The van der Waals surface area contributed by atoms with Crippen LogP contribution in [0, 0.1) is 13.8 Å². The van der Waals surface area contributed by atoms with Crippen LogP contribution in [0.3, 0.4) is 0 Å². The summed E-state index contributed by atoms with van der Waals surface area (Å²) in [4.78, 5) is 21.5. The van der Waals surface area contributed by atoms with E-state index in [1.54, 1.807) is 0 Å². The van der Waals surface area contributed by atoms with Crippen molar-refractivity contribution in [3.05, 3.63) is 28.8 Å². The molecule has 2 rings (SSSR count). The molecule has 1 aliphatic rings. The number of hydrogen-bond acceptors (Lipinski definition) is 3. The number of nitrogens with zero attached hydrogens (tertiary/aromatic N) is 3. The number of carbonyl (C=O) groups is 1. The highest BCUT2D eigenvalue weighted by Gasteiger charge is 2.17. The normalized spacial score (nSPS) is 16.0. The molecule has 1 fully saturated rings. The fourth-order valence-electron chi connectivity index (χ4n) is 2.89. The molecule has 1 aromatic carbocycles. The van der Waals surface area contributed by atoms with Crippen LogP contribution >= 0.6 is 0 Å². The highest BCUT2D eigenvalue weighted by atomic mass is 16.1. The first kappa shape index (κ1) is 17.7. The number of hydrogen-bond donors (Lipinski definition) is 0. The van der Waals surface area contributed by atoms with Gasteiger partial charge in [0.15, 0.2) is 5.78 Å². The van der Waals surface area contributed by atoms with Crippen molar-refractivity contribution < 1.29 is 4.79 Å². The Balaban J connectivity index is 2.12. The van der Waals surface area contributed by atoms with Crippen molar-refractivity contribution in [2.45, 2.75) is 40.0 Å². The van der Waals surface area contributed by atoms with Gasteiger partial charge in [0.1, 0.15) is 0 Å². The number of ketones is 1. The minimum absolute atomic E-state index is 0.230. The summed E-state index contributed by atoms with van der Waals surface area (Å²) < 4.78 is 0. The van der Waals surface area contributed by atoms with E-state index in [1.807, 2.05) is 44.3 Å². The summed E-state index contributed by atoms with van der Waals surface area (Å²) in [7, 11) is 2.00. The van der Waals surface area contributed by atoms with E-state index in [1.165, 1.54) is 19.3 Å². The molecule has 0 atom stereocenters. The van der Waals surface area contributed by atoms with Gasteiger partial charge in [0, 0.05) is 19.2 Å². The van der Waals surface area contributed by atoms with Crippen molar-refractivity contribution >= 4 is 17.8 Å². The van der Waals surface area contributed by atoms with Crippen molar-refractivity contribution in [2.24, 2.45) is 4.99 Å². The minimum Gasteiger partial charge on any atom is -0.366 e. The Morgan fingerprint density at radius 3 is 2.57 bits per heavy atom. The molecule has 1 aromatic rings. The molecule has 0 bridgehead atoms. The lowest BCUT2D eigenvalue weighted by atomic mass is 9.99. The molecular formula is C19H29N3O. The molecule has 0 aromatic heterocycles. The SMILES string of the molecule is CCN(C)/C=N\c1cc(C)c(C(=O)CN2CCCCC2)cc1C. The van der Waals surface area contributed by atoms with E-state index in [9.17, 15) is 4.79 Å². The van der Waals surface area contributed by atoms with Gasteiger partial charge in [0.05, 0.1) is 18.6 Å². The Hall–Kier alpha value is -1.68. The number of likely N-dealkylation sites (tertiary alicyclic amines) is 1. The maximum Gasteiger partial charge on any atom is 0.177 e. The number of aryl methyl sites for hydroxylation is 2. The third-order valence-corrected chi connectivity index (χ3v) is 4.55. The zero-order valence-electron chi connectivity index (χ0n) is 14.9. The van der Waals surface area contributed by atoms with Crippen LogP contribution in [0.5, 0.6) is 0 Å². The molecule has 4 heteroatoms. The molecule has 0 aliphatic carbocycles. The predicted octanol–water partition coefficient (Wildman–Crippen LogP) is 3.58. The van der Waals surface area contributed by atoms with E-state index in [-0.39, 0.29) is 5.78 Å². The van der Waals surface area contributed by atoms with E-state index < -0.39 is 0 Å². The number of rotatable bonds is 6. The van der Waals surface area contributed by atoms with Gasteiger partial charge in [-0.15, -0.1) is 0 Å². The molecular weight excluding hydrogens is 286 g/mol. The van der Waals surface area contributed by atoms with Crippen LogP contribution in [0.15, 0.2) is 17.1 Å². The lowest BCUT2D eigenvalue weighted by Crippen LogP contribution is -2.34. The molecule has 1 aliphatic heterocycles. The van der Waals surface area contributed by atoms with Gasteiger partial charge in [-0.3, -0.25) is 9.69 Å². The highest BCUT2D eigenvalue weighted by molar-refractivity contribution is 5.99. The number of benzene rings is 1. The van der Waals surface area contributed by atoms with Crippen LogP contribution < -0.4 is 0 Å². The fourth-order valence-corrected chi connectivity index (χ4v) is 2.89. The zero-order chi connectivity index (χ0) is 16.8. The van der Waals surface area contributed by atoms with Crippen molar-refractivity contribution in [3.8, 4) is 0 Å². The Morgan fingerprint density at radius 1 is 1.22 bits per heavy atom. The van der Waals surface area contributed by atoms with Gasteiger partial charge in [0.2, 0.25) is 0 Å². The van der Waals surface area contributed by atoms with Gasteiger partial charge in [-0.1, -0.05) is 6.42 Å². The Labute approximate surface area is 140 Å². The maximum absolute atomic E-state index is 12.6. The molecule has 0 spiro atoms. The van der Waals surface area contributed by atoms with E-state index >= 15 is 0 Å². The predicted molar refractivity (Wildman–Crippen MR) is 97.0 cm³/mol. The second-order valence-corrected chi connectivity index (χ2v) is 6.53. The molecule has 0 unspecified atom stereocenters. The van der Waals surface area contributed by atoms with Crippen LogP contribution in [0.1, 0.15) is 47.7 Å². The summed E-state index contributed by atoms with van der Waals surface area (Å²) in [6, 6.07) is 4.03. The van der Waals surface area contributed by atoms with Crippen LogP contribution in [0.2, 0.25) is 0 Å².